The number of amides is 1. The zero-order chi connectivity index (χ0) is 17.1. The Kier molecular flexibility index (Phi) is 4.63. The normalized spacial score (nSPS) is 17.5. The molecule has 2 aromatic heterocycles. The van der Waals surface area contributed by atoms with E-state index in [0.29, 0.717) is 34.9 Å². The maximum Gasteiger partial charge on any atom is 0.249 e. The monoisotopic (exact) mass is 341 g/mol. The maximum atomic E-state index is 12.8. The first-order chi connectivity index (χ1) is 11.6. The Morgan fingerprint density at radius 3 is 3.00 bits per heavy atom. The van der Waals surface area contributed by atoms with Crippen LogP contribution in [0, 0.1) is 18.3 Å². The fraction of sp³-hybridized carbons (Fsp3) is 0.294. The van der Waals surface area contributed by atoms with Gasteiger partial charge in [-0.05, 0) is 37.5 Å². The van der Waals surface area contributed by atoms with Crippen molar-refractivity contribution in [3.05, 3.63) is 46.9 Å². The quantitative estimate of drug-likeness (QED) is 0.928. The number of nitrogens with one attached hydrogen (secondary N) is 1. The predicted octanol–water partition coefficient (Wildman–Crippen LogP) is 2.92. The fourth-order valence-corrected chi connectivity index (χ4v) is 2.91. The summed E-state index contributed by atoms with van der Waals surface area (Å²) in [7, 11) is 0. The van der Waals surface area contributed by atoms with Crippen LogP contribution in [0.25, 0.3) is 0 Å². The number of hydrogen-bond donors (Lipinski definition) is 1. The summed E-state index contributed by atoms with van der Waals surface area (Å²) in [4.78, 5) is 22.7. The van der Waals surface area contributed by atoms with Gasteiger partial charge in [-0.2, -0.15) is 5.26 Å². The number of carbonyl (C=O) groups excluding carboxylic acids is 1. The largest absolute Gasteiger partial charge is 0.357 e. The number of rotatable bonds is 3. The highest BCUT2D eigenvalue weighted by Crippen LogP contribution is 2.26. The number of piperidine rings is 1. The van der Waals surface area contributed by atoms with Gasteiger partial charge in [0.25, 0.3) is 0 Å². The Bertz CT molecular complexity index is 803. The minimum absolute atomic E-state index is 0.0486. The molecule has 122 valence electrons. The molecule has 0 spiro atoms. The van der Waals surface area contributed by atoms with E-state index in [2.05, 4.69) is 21.4 Å². The lowest BCUT2D eigenvalue weighted by molar-refractivity contribution is -0.120. The molecule has 1 aliphatic heterocycles. The van der Waals surface area contributed by atoms with E-state index >= 15 is 0 Å². The third kappa shape index (κ3) is 3.03. The molecule has 3 rings (SSSR count). The molecular weight excluding hydrogens is 326 g/mol. The van der Waals surface area contributed by atoms with Gasteiger partial charge in [0.05, 0.1) is 22.5 Å². The van der Waals surface area contributed by atoms with E-state index in [9.17, 15) is 10.1 Å². The Balaban J connectivity index is 1.85. The number of nitriles is 1. The van der Waals surface area contributed by atoms with Crippen LogP contribution in [0.1, 0.15) is 24.0 Å². The van der Waals surface area contributed by atoms with E-state index in [1.165, 1.54) is 6.20 Å². The number of aromatic nitrogens is 2. The summed E-state index contributed by atoms with van der Waals surface area (Å²) in [5, 5.41) is 12.9. The van der Waals surface area contributed by atoms with Crippen molar-refractivity contribution in [2.45, 2.75) is 25.8 Å². The van der Waals surface area contributed by atoms with Gasteiger partial charge in [-0.3, -0.25) is 9.78 Å². The third-order valence-corrected chi connectivity index (χ3v) is 4.48. The highest BCUT2D eigenvalue weighted by atomic mass is 35.5. The van der Waals surface area contributed by atoms with Gasteiger partial charge in [-0.1, -0.05) is 11.6 Å². The van der Waals surface area contributed by atoms with Gasteiger partial charge in [0.2, 0.25) is 5.91 Å². The summed E-state index contributed by atoms with van der Waals surface area (Å²) in [6.07, 6.45) is 6.38. The van der Waals surface area contributed by atoms with Crippen LogP contribution >= 0.6 is 11.6 Å². The smallest absolute Gasteiger partial charge is 0.249 e. The van der Waals surface area contributed by atoms with E-state index in [-0.39, 0.29) is 5.91 Å². The molecule has 0 saturated carbocycles. The van der Waals surface area contributed by atoms with Crippen LogP contribution in [-0.2, 0) is 4.79 Å². The number of hydrogen-bond acceptors (Lipinski definition) is 5. The molecule has 0 radical (unpaired) electrons. The Labute approximate surface area is 145 Å². The third-order valence-electron chi connectivity index (χ3n) is 4.10. The Hall–Kier alpha value is -2.65. The molecule has 0 bridgehead atoms. The van der Waals surface area contributed by atoms with E-state index in [4.69, 9.17) is 11.6 Å². The van der Waals surface area contributed by atoms with Crippen molar-refractivity contribution in [3.8, 4) is 6.07 Å². The van der Waals surface area contributed by atoms with Crippen molar-refractivity contribution < 1.29 is 4.79 Å². The Morgan fingerprint density at radius 1 is 1.46 bits per heavy atom. The van der Waals surface area contributed by atoms with Crippen molar-refractivity contribution in [2.24, 2.45) is 0 Å². The van der Waals surface area contributed by atoms with Crippen molar-refractivity contribution >= 4 is 29.0 Å². The first-order valence-corrected chi connectivity index (χ1v) is 8.02. The number of halogens is 1. The summed E-state index contributed by atoms with van der Waals surface area (Å²) in [6, 6.07) is 5.34. The van der Waals surface area contributed by atoms with Crippen LogP contribution < -0.4 is 10.2 Å². The summed E-state index contributed by atoms with van der Waals surface area (Å²) >= 11 is 6.02. The predicted molar refractivity (Wildman–Crippen MR) is 91.9 cm³/mol. The van der Waals surface area contributed by atoms with Gasteiger partial charge in [0, 0.05) is 18.9 Å². The molecule has 1 saturated heterocycles. The molecule has 24 heavy (non-hydrogen) atoms. The second-order valence-electron chi connectivity index (χ2n) is 5.61. The first-order valence-electron chi connectivity index (χ1n) is 7.65. The zero-order valence-corrected chi connectivity index (χ0v) is 13.9. The second kappa shape index (κ2) is 6.85. The maximum absolute atomic E-state index is 12.8. The van der Waals surface area contributed by atoms with Crippen LogP contribution in [-0.4, -0.2) is 28.5 Å². The lowest BCUT2D eigenvalue weighted by Crippen LogP contribution is -2.48. The average molecular weight is 342 g/mol. The zero-order valence-electron chi connectivity index (χ0n) is 13.2. The van der Waals surface area contributed by atoms with E-state index in [0.717, 1.165) is 12.1 Å². The van der Waals surface area contributed by atoms with Gasteiger partial charge in [-0.15, -0.1) is 0 Å². The minimum Gasteiger partial charge on any atom is -0.357 e. The molecule has 1 N–H and O–H groups in total. The molecule has 2 aromatic rings. The average Bonchev–Trinajstić information content (AvgIpc) is 2.61. The fourth-order valence-electron chi connectivity index (χ4n) is 2.77. The number of pyridine rings is 2. The Morgan fingerprint density at radius 2 is 2.29 bits per heavy atom. The van der Waals surface area contributed by atoms with Gasteiger partial charge in [-0.25, -0.2) is 4.98 Å². The molecule has 0 aliphatic carbocycles. The standard InChI is InChI=1S/C17H16ClN5O/c1-11-13(8-19)16(21-10-14(11)18)22-15-5-3-7-23(17(15)24)12-4-2-6-20-9-12/h2,4,6,9-10,15H,3,5,7H2,1H3,(H,21,22)/t15-/m1/s1. The van der Waals surface area contributed by atoms with E-state index < -0.39 is 6.04 Å². The summed E-state index contributed by atoms with van der Waals surface area (Å²) in [6.45, 7) is 2.42. The van der Waals surface area contributed by atoms with Crippen molar-refractivity contribution in [2.75, 3.05) is 16.8 Å². The van der Waals surface area contributed by atoms with Crippen LogP contribution in [0.5, 0.6) is 0 Å². The van der Waals surface area contributed by atoms with Crippen molar-refractivity contribution in [1.29, 1.82) is 5.26 Å². The topological polar surface area (TPSA) is 81.9 Å². The first kappa shape index (κ1) is 16.2. The summed E-state index contributed by atoms with van der Waals surface area (Å²) in [5.74, 6) is 0.346. The molecule has 1 aliphatic rings. The lowest BCUT2D eigenvalue weighted by atomic mass is 10.0. The molecule has 1 atom stereocenters. The van der Waals surface area contributed by atoms with Gasteiger partial charge < -0.3 is 10.2 Å². The molecule has 6 nitrogen and oxygen atoms in total. The molecular formula is C17H16ClN5O. The molecule has 7 heteroatoms. The van der Waals surface area contributed by atoms with Gasteiger partial charge in [0.1, 0.15) is 17.9 Å². The highest BCUT2D eigenvalue weighted by molar-refractivity contribution is 6.31. The van der Waals surface area contributed by atoms with Crippen LogP contribution in [0.2, 0.25) is 5.02 Å². The highest BCUT2D eigenvalue weighted by Gasteiger charge is 2.30. The van der Waals surface area contributed by atoms with Crippen molar-refractivity contribution in [1.82, 2.24) is 9.97 Å². The lowest BCUT2D eigenvalue weighted by Gasteiger charge is -2.32. The van der Waals surface area contributed by atoms with Crippen LogP contribution in [0.4, 0.5) is 11.5 Å². The van der Waals surface area contributed by atoms with Crippen LogP contribution in [0.3, 0.4) is 0 Å². The summed E-state index contributed by atoms with van der Waals surface area (Å²) < 4.78 is 0. The minimum atomic E-state index is -0.431. The molecule has 3 heterocycles. The number of nitrogens with zero attached hydrogens (tertiary/aromatic N) is 4. The second-order valence-corrected chi connectivity index (χ2v) is 6.01. The molecule has 1 fully saturated rings. The van der Waals surface area contributed by atoms with E-state index in [1.807, 2.05) is 6.07 Å². The van der Waals surface area contributed by atoms with Gasteiger partial charge in [0.15, 0.2) is 0 Å². The molecule has 0 aromatic carbocycles. The summed E-state index contributed by atoms with van der Waals surface area (Å²) in [5.41, 5.74) is 1.80. The molecule has 1 amide bonds. The number of carbonyl (C=O) groups is 1. The van der Waals surface area contributed by atoms with Crippen molar-refractivity contribution in [3.63, 3.8) is 0 Å². The SMILES string of the molecule is Cc1c(Cl)cnc(N[C@@H]2CCCN(c3cccnc3)C2=O)c1C#N. The number of anilines is 2. The van der Waals surface area contributed by atoms with E-state index in [1.54, 1.807) is 30.3 Å². The van der Waals surface area contributed by atoms with Gasteiger partial charge >= 0.3 is 0 Å². The van der Waals surface area contributed by atoms with Crippen LogP contribution in [0.15, 0.2) is 30.7 Å². The molecule has 0 unspecified atom stereocenters.